The summed E-state index contributed by atoms with van der Waals surface area (Å²) in [6.07, 6.45) is 3.36. The molecule has 0 fully saturated rings. The molecule has 0 spiro atoms. The molecular weight excluding hydrogens is 369 g/mol. The molecule has 1 aliphatic carbocycles. The second-order valence-corrected chi connectivity index (χ2v) is 6.69. The average molecular weight is 404 g/mol. The predicted molar refractivity (Wildman–Crippen MR) is 104 cm³/mol. The molecule has 1 atom stereocenters. The van der Waals surface area contributed by atoms with Gasteiger partial charge in [0.2, 0.25) is 0 Å². The maximum atomic E-state index is 7.62. The van der Waals surface area contributed by atoms with Crippen molar-refractivity contribution in [2.45, 2.75) is 60.9 Å². The zero-order valence-corrected chi connectivity index (χ0v) is 19.0. The third kappa shape index (κ3) is 30.9. The molecule has 0 aromatic heterocycles. The molecule has 0 aromatic carbocycles. The number of allylic oxidation sites excluding steroid dienone is 4. The van der Waals surface area contributed by atoms with E-state index in [4.69, 9.17) is 15.9 Å². The van der Waals surface area contributed by atoms with Gasteiger partial charge < -0.3 is 15.9 Å². The van der Waals surface area contributed by atoms with Crippen molar-refractivity contribution < 1.29 is 30.2 Å². The summed E-state index contributed by atoms with van der Waals surface area (Å²) in [5.74, 6) is 0.560. The topological polar surface area (TPSA) is 64.3 Å². The van der Waals surface area contributed by atoms with Gasteiger partial charge in [-0.15, -0.1) is 37.3 Å². The van der Waals surface area contributed by atoms with Crippen molar-refractivity contribution in [3.63, 3.8) is 0 Å². The van der Waals surface area contributed by atoms with Gasteiger partial charge >= 0.3 is 31.2 Å². The van der Waals surface area contributed by atoms with Crippen LogP contribution < -0.4 is 0 Å². The summed E-state index contributed by atoms with van der Waals surface area (Å²) in [6.45, 7) is 16.0. The molecule has 6 heteroatoms. The van der Waals surface area contributed by atoms with Crippen LogP contribution >= 0.6 is 24.8 Å². The van der Waals surface area contributed by atoms with Gasteiger partial charge in [-0.05, 0) is 0 Å². The van der Waals surface area contributed by atoms with Crippen LogP contribution in [0.1, 0.15) is 55.4 Å². The fraction of sp³-hybridized carbons (Fsp3) is 0.706. The van der Waals surface area contributed by atoms with Gasteiger partial charge in [0.05, 0.1) is 13.2 Å². The molecule has 3 N–H and O–H groups in total. The average Bonchev–Trinajstić information content (AvgIpc) is 2.56. The molecule has 0 radical (unpaired) electrons. The van der Waals surface area contributed by atoms with Crippen LogP contribution in [0.15, 0.2) is 16.7 Å². The molecule has 1 aliphatic rings. The zero-order valence-electron chi connectivity index (χ0n) is 15.8. The zero-order chi connectivity index (χ0) is 17.6. The van der Waals surface area contributed by atoms with Gasteiger partial charge in [0.1, 0.15) is 0 Å². The Morgan fingerprint density at radius 1 is 1.13 bits per heavy atom. The number of aliphatic hydroxyl groups is 2. The van der Waals surface area contributed by atoms with Crippen molar-refractivity contribution in [2.75, 3.05) is 13.2 Å². The van der Waals surface area contributed by atoms with Crippen LogP contribution in [-0.2, 0) is 20.0 Å². The number of aliphatic hydroxyl groups excluding tert-OH is 2. The number of hydrogen-bond acceptors (Lipinski definition) is 2. The molecule has 1 unspecified atom stereocenters. The van der Waals surface area contributed by atoms with Crippen LogP contribution in [0.5, 0.6) is 0 Å². The first kappa shape index (κ1) is 34.8. The summed E-state index contributed by atoms with van der Waals surface area (Å²) in [4.78, 5) is 0. The van der Waals surface area contributed by atoms with Crippen LogP contribution in [0.4, 0.5) is 0 Å². The summed E-state index contributed by atoms with van der Waals surface area (Å²) in [5, 5.41) is 15.2. The van der Waals surface area contributed by atoms with Gasteiger partial charge in [-0.2, -0.15) is 11.1 Å². The summed E-state index contributed by atoms with van der Waals surface area (Å²) in [7, 11) is 0. The Bertz CT molecular complexity index is 330. The fourth-order valence-electron chi connectivity index (χ4n) is 1.16. The van der Waals surface area contributed by atoms with Gasteiger partial charge in [-0.1, -0.05) is 47.5 Å². The first-order valence-corrected chi connectivity index (χ1v) is 8.05. The third-order valence-corrected chi connectivity index (χ3v) is 2.34. The summed E-state index contributed by atoms with van der Waals surface area (Å²) >= 11 is 2.00. The monoisotopic (exact) mass is 403 g/mol. The number of rotatable bonds is 1. The molecule has 0 heterocycles. The Kier molecular flexibility index (Phi) is 31.1. The van der Waals surface area contributed by atoms with Gasteiger partial charge in [-0.25, -0.2) is 5.57 Å². The first-order valence-electron chi connectivity index (χ1n) is 7.15. The molecular formula is C17H35Cl2NO2Ti. The molecule has 3 nitrogen and oxygen atoms in total. The SMILES string of the molecule is CC(C)(C)[NH-].CC1=[C-]C(C)C(C)=C1C.C[CH]=[Ti+2].Cl.Cl.OCCO. The van der Waals surface area contributed by atoms with Crippen molar-refractivity contribution >= 4 is 29.1 Å². The minimum Gasteiger partial charge on any atom is -0.394 e. The van der Waals surface area contributed by atoms with Crippen LogP contribution in [0.3, 0.4) is 0 Å². The number of halogens is 2. The number of hydrogen-bond donors (Lipinski definition) is 2. The Hall–Kier alpha value is 0.524. The molecule has 0 bridgehead atoms. The maximum Gasteiger partial charge on any atom is 0.0662 e. The van der Waals surface area contributed by atoms with Crippen LogP contribution in [0.25, 0.3) is 5.73 Å². The molecule has 0 amide bonds. The first-order chi connectivity index (χ1) is 9.45. The Labute approximate surface area is 167 Å². The second-order valence-electron chi connectivity index (χ2n) is 5.78. The molecule has 1 rings (SSSR count). The molecule has 0 aliphatic heterocycles. The maximum absolute atomic E-state index is 7.62. The van der Waals surface area contributed by atoms with Gasteiger partial charge in [0.25, 0.3) is 0 Å². The summed E-state index contributed by atoms with van der Waals surface area (Å²) in [5.41, 5.74) is 10.9. The van der Waals surface area contributed by atoms with Crippen LogP contribution in [0, 0.1) is 12.0 Å². The largest absolute Gasteiger partial charge is 0.394 e. The van der Waals surface area contributed by atoms with E-state index in [1.165, 1.54) is 16.7 Å². The van der Waals surface area contributed by atoms with Crippen molar-refractivity contribution in [3.05, 3.63) is 28.5 Å². The Morgan fingerprint density at radius 3 is 1.43 bits per heavy atom. The number of nitrogens with one attached hydrogen (secondary N) is 1. The van der Waals surface area contributed by atoms with E-state index in [-0.39, 0.29) is 43.6 Å². The minimum absolute atomic E-state index is 0. The van der Waals surface area contributed by atoms with E-state index in [2.05, 4.69) is 33.8 Å². The fourth-order valence-corrected chi connectivity index (χ4v) is 1.16. The molecule has 0 aromatic rings. The van der Waals surface area contributed by atoms with Crippen molar-refractivity contribution in [1.29, 1.82) is 0 Å². The van der Waals surface area contributed by atoms with Crippen molar-refractivity contribution in [3.8, 4) is 0 Å². The van der Waals surface area contributed by atoms with E-state index in [0.717, 1.165) is 0 Å². The summed E-state index contributed by atoms with van der Waals surface area (Å²) < 4.78 is 2.00. The van der Waals surface area contributed by atoms with E-state index in [0.29, 0.717) is 5.92 Å². The summed E-state index contributed by atoms with van der Waals surface area (Å²) in [6, 6.07) is 0. The molecule has 23 heavy (non-hydrogen) atoms. The Balaban J connectivity index is -0.0000000674. The van der Waals surface area contributed by atoms with Gasteiger partial charge in [0, 0.05) is 0 Å². The minimum atomic E-state index is -0.250. The van der Waals surface area contributed by atoms with Crippen molar-refractivity contribution in [1.82, 2.24) is 0 Å². The Morgan fingerprint density at radius 2 is 1.39 bits per heavy atom. The van der Waals surface area contributed by atoms with Crippen molar-refractivity contribution in [2.24, 2.45) is 5.92 Å². The van der Waals surface area contributed by atoms with E-state index >= 15 is 0 Å². The van der Waals surface area contributed by atoms with E-state index < -0.39 is 0 Å². The molecule has 138 valence electrons. The van der Waals surface area contributed by atoms with Gasteiger partial charge in [-0.3, -0.25) is 6.08 Å². The van der Waals surface area contributed by atoms with E-state index in [1.54, 1.807) is 0 Å². The molecule has 0 saturated carbocycles. The predicted octanol–water partition coefficient (Wildman–Crippen LogP) is 4.73. The quantitative estimate of drug-likeness (QED) is 0.490. The van der Waals surface area contributed by atoms with Crippen LogP contribution in [-0.4, -0.2) is 33.3 Å². The normalized spacial score (nSPS) is 15.2. The van der Waals surface area contributed by atoms with Crippen LogP contribution in [0.2, 0.25) is 0 Å². The van der Waals surface area contributed by atoms with E-state index in [1.807, 2.05) is 52.0 Å². The van der Waals surface area contributed by atoms with Gasteiger partial charge in [0.15, 0.2) is 0 Å². The smallest absolute Gasteiger partial charge is 0.0662 e. The second kappa shape index (κ2) is 20.6. The van der Waals surface area contributed by atoms with E-state index in [9.17, 15) is 0 Å². The molecule has 0 saturated heterocycles. The third-order valence-electron chi connectivity index (χ3n) is 2.34. The standard InChI is InChI=1S/C9H13.C4H10N.C2H6O2.C2H4.2ClH.Ti/c1-6-5-7(2)9(4)8(6)3;1-4(2,3)5;3-1-2-4;1-2;;;/h6H,1-4H3;5H,1-3H3;3-4H,1-2H2;1H,2H3;2*1H;/q2*-1;;;;;+2.